The summed E-state index contributed by atoms with van der Waals surface area (Å²) in [5.41, 5.74) is 2.83. The Labute approximate surface area is 102 Å². The largest absolute Gasteiger partial charge is 0.310 e. The van der Waals surface area contributed by atoms with Crippen LogP contribution in [0.2, 0.25) is 0 Å². The van der Waals surface area contributed by atoms with Gasteiger partial charge in [-0.05, 0) is 41.8 Å². The van der Waals surface area contributed by atoms with Crippen LogP contribution in [0.3, 0.4) is 0 Å². The number of benzene rings is 2. The molecular formula is C14H16ClN. The molecule has 2 aromatic carbocycles. The maximum atomic E-state index is 3.47. The molecular weight excluding hydrogens is 218 g/mol. The maximum Gasteiger partial charge on any atom is 0.0338 e. The molecule has 0 amide bonds. The first-order chi connectivity index (χ1) is 7.36. The molecule has 2 aromatic rings. The summed E-state index contributed by atoms with van der Waals surface area (Å²) in [7, 11) is 0. The second-order valence-electron chi connectivity index (χ2n) is 4.31. The van der Waals surface area contributed by atoms with Gasteiger partial charge in [0.05, 0.1) is 0 Å². The Kier molecular flexibility index (Phi) is 3.17. The molecule has 0 aliphatic carbocycles. The van der Waals surface area contributed by atoms with E-state index in [1.807, 2.05) is 0 Å². The predicted octanol–water partition coefficient (Wildman–Crippen LogP) is 3.60. The summed E-state index contributed by atoms with van der Waals surface area (Å²) in [6, 6.07) is 13.8. The van der Waals surface area contributed by atoms with Crippen LogP contribution in [0, 0.1) is 6.92 Å². The molecule has 1 heterocycles. The molecule has 0 aromatic heterocycles. The van der Waals surface area contributed by atoms with Crippen LogP contribution in [-0.2, 0) is 0 Å². The van der Waals surface area contributed by atoms with Gasteiger partial charge in [-0.3, -0.25) is 0 Å². The Morgan fingerprint density at radius 1 is 1.06 bits per heavy atom. The van der Waals surface area contributed by atoms with Gasteiger partial charge in [-0.25, -0.2) is 0 Å². The van der Waals surface area contributed by atoms with Crippen molar-refractivity contribution < 1.29 is 0 Å². The molecule has 0 radical (unpaired) electrons. The lowest BCUT2D eigenvalue weighted by molar-refractivity contribution is 0.385. The Hall–Kier alpha value is -1.05. The van der Waals surface area contributed by atoms with E-state index in [0.29, 0.717) is 6.04 Å². The van der Waals surface area contributed by atoms with Gasteiger partial charge in [-0.2, -0.15) is 0 Å². The third-order valence-electron chi connectivity index (χ3n) is 3.37. The van der Waals surface area contributed by atoms with E-state index in [1.54, 1.807) is 0 Å². The molecule has 2 heteroatoms. The molecule has 1 aliphatic rings. The van der Waals surface area contributed by atoms with Gasteiger partial charge in [0.15, 0.2) is 0 Å². The van der Waals surface area contributed by atoms with Crippen LogP contribution in [-0.4, -0.2) is 6.54 Å². The quantitative estimate of drug-likeness (QED) is 0.794. The third kappa shape index (κ3) is 1.70. The van der Waals surface area contributed by atoms with Gasteiger partial charge in [0.25, 0.3) is 0 Å². The van der Waals surface area contributed by atoms with Crippen LogP contribution in [0.4, 0.5) is 0 Å². The zero-order valence-corrected chi connectivity index (χ0v) is 10.2. The molecule has 0 unspecified atom stereocenters. The molecule has 1 nitrogen and oxygen atoms in total. The maximum absolute atomic E-state index is 3.47. The van der Waals surface area contributed by atoms with E-state index in [1.165, 1.54) is 28.3 Å². The molecule has 0 bridgehead atoms. The van der Waals surface area contributed by atoms with Gasteiger partial charge < -0.3 is 5.32 Å². The lowest BCUT2D eigenvalue weighted by Gasteiger charge is -2.29. The SMILES string of the molecule is Cc1ccc([C@@H]2CCN2)c2ccccc12.Cl. The summed E-state index contributed by atoms with van der Waals surface area (Å²) in [4.78, 5) is 0. The fourth-order valence-electron chi connectivity index (χ4n) is 2.33. The summed E-state index contributed by atoms with van der Waals surface area (Å²) in [5, 5.41) is 6.28. The van der Waals surface area contributed by atoms with Crippen LogP contribution in [0.5, 0.6) is 0 Å². The van der Waals surface area contributed by atoms with Crippen molar-refractivity contribution in [2.45, 2.75) is 19.4 Å². The molecule has 3 rings (SSSR count). The molecule has 1 fully saturated rings. The molecule has 0 saturated carbocycles. The molecule has 1 atom stereocenters. The lowest BCUT2D eigenvalue weighted by atomic mass is 9.91. The number of hydrogen-bond acceptors (Lipinski definition) is 1. The van der Waals surface area contributed by atoms with E-state index in [0.717, 1.165) is 6.54 Å². The van der Waals surface area contributed by atoms with Gasteiger partial charge in [0.2, 0.25) is 0 Å². The monoisotopic (exact) mass is 233 g/mol. The van der Waals surface area contributed by atoms with Gasteiger partial charge >= 0.3 is 0 Å². The number of fused-ring (bicyclic) bond motifs is 1. The number of halogens is 1. The minimum Gasteiger partial charge on any atom is -0.310 e. The van der Waals surface area contributed by atoms with Crippen molar-refractivity contribution in [3.05, 3.63) is 47.5 Å². The van der Waals surface area contributed by atoms with Crippen molar-refractivity contribution in [2.75, 3.05) is 6.54 Å². The van der Waals surface area contributed by atoms with Gasteiger partial charge in [-0.1, -0.05) is 36.4 Å². The van der Waals surface area contributed by atoms with E-state index in [4.69, 9.17) is 0 Å². The van der Waals surface area contributed by atoms with Crippen LogP contribution in [0.25, 0.3) is 10.8 Å². The summed E-state index contributed by atoms with van der Waals surface area (Å²) in [6.45, 7) is 3.34. The summed E-state index contributed by atoms with van der Waals surface area (Å²) >= 11 is 0. The first-order valence-electron chi connectivity index (χ1n) is 5.58. The van der Waals surface area contributed by atoms with Crippen molar-refractivity contribution in [1.82, 2.24) is 5.32 Å². The minimum absolute atomic E-state index is 0. The Balaban J connectivity index is 0.000000963. The van der Waals surface area contributed by atoms with Crippen molar-refractivity contribution >= 4 is 23.2 Å². The molecule has 1 N–H and O–H groups in total. The van der Waals surface area contributed by atoms with Gasteiger partial charge in [-0.15, -0.1) is 12.4 Å². The molecule has 0 spiro atoms. The highest BCUT2D eigenvalue weighted by Crippen LogP contribution is 2.31. The van der Waals surface area contributed by atoms with Crippen molar-refractivity contribution in [2.24, 2.45) is 0 Å². The molecule has 1 aliphatic heterocycles. The third-order valence-corrected chi connectivity index (χ3v) is 3.37. The summed E-state index contributed by atoms with van der Waals surface area (Å²) in [6.07, 6.45) is 1.27. The van der Waals surface area contributed by atoms with Gasteiger partial charge in [0.1, 0.15) is 0 Å². The summed E-state index contributed by atoms with van der Waals surface area (Å²) < 4.78 is 0. The molecule has 16 heavy (non-hydrogen) atoms. The number of hydrogen-bond donors (Lipinski definition) is 1. The van der Waals surface area contributed by atoms with Crippen molar-refractivity contribution in [3.63, 3.8) is 0 Å². The number of nitrogens with one attached hydrogen (secondary N) is 1. The standard InChI is InChI=1S/C14H15N.ClH/c1-10-6-7-13(14-8-9-15-14)12-5-3-2-4-11(10)12;/h2-7,14-15H,8-9H2,1H3;1H/t14-;/m0./s1. The fourth-order valence-corrected chi connectivity index (χ4v) is 2.33. The first kappa shape index (κ1) is 11.4. The minimum atomic E-state index is 0. The lowest BCUT2D eigenvalue weighted by Crippen LogP contribution is -2.35. The number of aryl methyl sites for hydroxylation is 1. The van der Waals surface area contributed by atoms with E-state index >= 15 is 0 Å². The second kappa shape index (κ2) is 4.44. The predicted molar refractivity (Wildman–Crippen MR) is 71.3 cm³/mol. The van der Waals surface area contributed by atoms with Crippen molar-refractivity contribution in [1.29, 1.82) is 0 Å². The zero-order valence-electron chi connectivity index (χ0n) is 9.36. The topological polar surface area (TPSA) is 12.0 Å². The average molecular weight is 234 g/mol. The Morgan fingerprint density at radius 2 is 1.75 bits per heavy atom. The van der Waals surface area contributed by atoms with E-state index in [-0.39, 0.29) is 12.4 Å². The van der Waals surface area contributed by atoms with Gasteiger partial charge in [0, 0.05) is 6.04 Å². The Morgan fingerprint density at radius 3 is 2.38 bits per heavy atom. The Bertz CT molecular complexity index is 503. The first-order valence-corrected chi connectivity index (χ1v) is 5.58. The van der Waals surface area contributed by atoms with E-state index in [9.17, 15) is 0 Å². The highest BCUT2D eigenvalue weighted by Gasteiger charge is 2.20. The normalized spacial score (nSPS) is 18.9. The van der Waals surface area contributed by atoms with Crippen LogP contribution >= 0.6 is 12.4 Å². The van der Waals surface area contributed by atoms with Crippen LogP contribution in [0.1, 0.15) is 23.6 Å². The molecule has 84 valence electrons. The van der Waals surface area contributed by atoms with Crippen LogP contribution in [0.15, 0.2) is 36.4 Å². The summed E-state index contributed by atoms with van der Waals surface area (Å²) in [5.74, 6) is 0. The number of rotatable bonds is 1. The second-order valence-corrected chi connectivity index (χ2v) is 4.31. The van der Waals surface area contributed by atoms with Crippen LogP contribution < -0.4 is 5.32 Å². The average Bonchev–Trinajstić information content (AvgIpc) is 2.20. The highest BCUT2D eigenvalue weighted by molar-refractivity contribution is 5.89. The smallest absolute Gasteiger partial charge is 0.0338 e. The van der Waals surface area contributed by atoms with E-state index in [2.05, 4.69) is 48.6 Å². The highest BCUT2D eigenvalue weighted by atomic mass is 35.5. The fraction of sp³-hybridized carbons (Fsp3) is 0.286. The molecule has 1 saturated heterocycles. The van der Waals surface area contributed by atoms with Crippen molar-refractivity contribution in [3.8, 4) is 0 Å². The zero-order chi connectivity index (χ0) is 10.3. The van der Waals surface area contributed by atoms with E-state index < -0.39 is 0 Å².